The number of aromatic nitrogens is 2. The summed E-state index contributed by atoms with van der Waals surface area (Å²) in [7, 11) is 0. The molecule has 0 bridgehead atoms. The van der Waals surface area contributed by atoms with E-state index in [1.165, 1.54) is 13.3 Å². The predicted molar refractivity (Wildman–Crippen MR) is 49.4 cm³/mol. The van der Waals surface area contributed by atoms with Crippen LogP contribution < -0.4 is 5.56 Å². The number of ketones is 1. The van der Waals surface area contributed by atoms with Gasteiger partial charge in [-0.1, -0.05) is 0 Å². The highest BCUT2D eigenvalue weighted by atomic mass is 16.3. The average Bonchev–Trinajstić information content (AvgIpc) is 2.42. The number of fused-ring (bicyclic) bond motifs is 1. The van der Waals surface area contributed by atoms with E-state index in [9.17, 15) is 9.59 Å². The zero-order valence-corrected chi connectivity index (χ0v) is 7.75. The molecule has 0 spiro atoms. The van der Waals surface area contributed by atoms with Gasteiger partial charge in [0.25, 0.3) is 5.56 Å². The molecule has 0 saturated heterocycles. The Bertz CT molecular complexity index is 565. The van der Waals surface area contributed by atoms with Crippen molar-refractivity contribution in [1.29, 1.82) is 0 Å². The Morgan fingerprint density at radius 3 is 2.93 bits per heavy atom. The molecule has 0 atom stereocenters. The van der Waals surface area contributed by atoms with Gasteiger partial charge in [0, 0.05) is 0 Å². The maximum atomic E-state index is 11.4. The quantitative estimate of drug-likeness (QED) is 0.684. The lowest BCUT2D eigenvalue weighted by molar-refractivity contribution is 0.101. The normalized spacial score (nSPS) is 10.7. The van der Waals surface area contributed by atoms with Crippen LogP contribution in [0.4, 0.5) is 0 Å². The third kappa shape index (κ3) is 1.06. The first-order valence-electron chi connectivity index (χ1n) is 4.09. The lowest BCUT2D eigenvalue weighted by Crippen LogP contribution is -2.08. The van der Waals surface area contributed by atoms with Gasteiger partial charge in [0.05, 0.1) is 11.9 Å². The number of furan rings is 1. The number of H-pyrrole nitrogens is 1. The molecule has 72 valence electrons. The van der Waals surface area contributed by atoms with E-state index in [1.54, 1.807) is 6.92 Å². The standard InChI is InChI=1S/C9H8N2O3/c1-4(12)6-5(2)14-9-7(6)8(13)10-3-11-9/h3H,1-2H3,(H,10,11,13). The fraction of sp³-hybridized carbons (Fsp3) is 0.222. The van der Waals surface area contributed by atoms with Crippen molar-refractivity contribution < 1.29 is 9.21 Å². The number of nitrogens with one attached hydrogen (secondary N) is 1. The molecule has 0 aliphatic carbocycles. The Balaban J connectivity index is 3.01. The minimum atomic E-state index is -0.350. The topological polar surface area (TPSA) is 76.0 Å². The van der Waals surface area contributed by atoms with Crippen LogP contribution in [0.3, 0.4) is 0 Å². The Morgan fingerprint density at radius 1 is 1.57 bits per heavy atom. The summed E-state index contributed by atoms with van der Waals surface area (Å²) in [6.45, 7) is 3.03. The molecule has 1 N–H and O–H groups in total. The average molecular weight is 192 g/mol. The van der Waals surface area contributed by atoms with Gasteiger partial charge >= 0.3 is 0 Å². The smallest absolute Gasteiger partial charge is 0.262 e. The van der Waals surface area contributed by atoms with Crippen LogP contribution in [0.25, 0.3) is 11.1 Å². The predicted octanol–water partition coefficient (Wildman–Crippen LogP) is 1.03. The van der Waals surface area contributed by atoms with Gasteiger partial charge in [-0.25, -0.2) is 4.98 Å². The largest absolute Gasteiger partial charge is 0.442 e. The molecule has 0 fully saturated rings. The molecule has 0 saturated carbocycles. The number of nitrogens with zero attached hydrogens (tertiary/aromatic N) is 1. The SMILES string of the molecule is CC(=O)c1c(C)oc2nc[nH]c(=O)c12. The van der Waals surface area contributed by atoms with Crippen molar-refractivity contribution in [2.75, 3.05) is 0 Å². The van der Waals surface area contributed by atoms with Crippen LogP contribution in [0.1, 0.15) is 23.0 Å². The van der Waals surface area contributed by atoms with Crippen molar-refractivity contribution in [3.8, 4) is 0 Å². The Hall–Kier alpha value is -1.91. The number of aromatic amines is 1. The minimum Gasteiger partial charge on any atom is -0.442 e. The van der Waals surface area contributed by atoms with Crippen molar-refractivity contribution in [2.24, 2.45) is 0 Å². The first-order valence-corrected chi connectivity index (χ1v) is 4.09. The first-order chi connectivity index (χ1) is 6.61. The number of carbonyl (C=O) groups excluding carboxylic acids is 1. The van der Waals surface area contributed by atoms with Gasteiger partial charge in [0.15, 0.2) is 5.78 Å². The van der Waals surface area contributed by atoms with Gasteiger partial charge in [-0.15, -0.1) is 0 Å². The van der Waals surface area contributed by atoms with Crippen LogP contribution in [0.5, 0.6) is 0 Å². The molecule has 0 aliphatic rings. The number of rotatable bonds is 1. The first kappa shape index (κ1) is 8.68. The van der Waals surface area contributed by atoms with Crippen LogP contribution in [-0.2, 0) is 0 Å². The molecule has 0 radical (unpaired) electrons. The molecule has 0 aliphatic heterocycles. The summed E-state index contributed by atoms with van der Waals surface area (Å²) in [5.74, 6) is 0.233. The number of aryl methyl sites for hydroxylation is 1. The number of hydrogen-bond acceptors (Lipinski definition) is 4. The molecule has 0 aromatic carbocycles. The molecular weight excluding hydrogens is 184 g/mol. The van der Waals surface area contributed by atoms with Crippen molar-refractivity contribution in [3.05, 3.63) is 28.0 Å². The zero-order valence-electron chi connectivity index (χ0n) is 7.75. The van der Waals surface area contributed by atoms with Crippen LogP contribution in [0.2, 0.25) is 0 Å². The monoisotopic (exact) mass is 192 g/mol. The third-order valence-electron chi connectivity index (χ3n) is 2.02. The number of carbonyl (C=O) groups is 1. The highest BCUT2D eigenvalue weighted by molar-refractivity contribution is 6.06. The van der Waals surface area contributed by atoms with Crippen LogP contribution in [-0.4, -0.2) is 15.8 Å². The van der Waals surface area contributed by atoms with E-state index in [0.29, 0.717) is 11.3 Å². The highest BCUT2D eigenvalue weighted by Gasteiger charge is 2.17. The minimum absolute atomic E-state index is 0.195. The lowest BCUT2D eigenvalue weighted by Gasteiger charge is -1.89. The number of hydrogen-bond donors (Lipinski definition) is 1. The van der Waals surface area contributed by atoms with E-state index in [4.69, 9.17) is 4.42 Å². The summed E-state index contributed by atoms with van der Waals surface area (Å²) >= 11 is 0. The van der Waals surface area contributed by atoms with Crippen molar-refractivity contribution in [3.63, 3.8) is 0 Å². The Labute approximate surface area is 78.8 Å². The zero-order chi connectivity index (χ0) is 10.3. The summed E-state index contributed by atoms with van der Waals surface area (Å²) in [5.41, 5.74) is 0.169. The molecule has 14 heavy (non-hydrogen) atoms. The molecular formula is C9H8N2O3. The van der Waals surface area contributed by atoms with Crippen molar-refractivity contribution in [2.45, 2.75) is 13.8 Å². The fourth-order valence-corrected chi connectivity index (χ4v) is 1.48. The van der Waals surface area contributed by atoms with Gasteiger partial charge < -0.3 is 9.40 Å². The van der Waals surface area contributed by atoms with E-state index in [0.717, 1.165) is 0 Å². The van der Waals surface area contributed by atoms with Gasteiger partial charge in [-0.2, -0.15) is 0 Å². The van der Waals surface area contributed by atoms with Gasteiger partial charge in [-0.3, -0.25) is 9.59 Å². The summed E-state index contributed by atoms with van der Waals surface area (Å²) in [5, 5.41) is 0.234. The van der Waals surface area contributed by atoms with E-state index < -0.39 is 0 Å². The molecule has 0 unspecified atom stereocenters. The van der Waals surface area contributed by atoms with E-state index in [-0.39, 0.29) is 22.4 Å². The van der Waals surface area contributed by atoms with Gasteiger partial charge in [0.1, 0.15) is 11.1 Å². The van der Waals surface area contributed by atoms with E-state index in [2.05, 4.69) is 9.97 Å². The van der Waals surface area contributed by atoms with Gasteiger partial charge in [0.2, 0.25) is 5.71 Å². The molecule has 2 rings (SSSR count). The third-order valence-corrected chi connectivity index (χ3v) is 2.02. The summed E-state index contributed by atoms with van der Waals surface area (Å²) in [4.78, 5) is 28.9. The van der Waals surface area contributed by atoms with Crippen LogP contribution in [0.15, 0.2) is 15.5 Å². The molecule has 2 aromatic rings. The second kappa shape index (κ2) is 2.80. The highest BCUT2D eigenvalue weighted by Crippen LogP contribution is 2.20. The Kier molecular flexibility index (Phi) is 1.73. The van der Waals surface area contributed by atoms with Crippen molar-refractivity contribution in [1.82, 2.24) is 9.97 Å². The van der Waals surface area contributed by atoms with Crippen LogP contribution >= 0.6 is 0 Å². The number of Topliss-reactive ketones (excluding diaryl/α,β-unsaturated/α-hetero) is 1. The molecule has 2 heterocycles. The van der Waals surface area contributed by atoms with Crippen LogP contribution in [0, 0.1) is 6.92 Å². The maximum Gasteiger partial charge on any atom is 0.262 e. The second-order valence-electron chi connectivity index (χ2n) is 3.00. The fourth-order valence-electron chi connectivity index (χ4n) is 1.48. The lowest BCUT2D eigenvalue weighted by atomic mass is 10.1. The summed E-state index contributed by atoms with van der Waals surface area (Å²) in [6, 6.07) is 0. The van der Waals surface area contributed by atoms with E-state index in [1.807, 2.05) is 0 Å². The molecule has 2 aromatic heterocycles. The summed E-state index contributed by atoms with van der Waals surface area (Å²) in [6.07, 6.45) is 1.25. The van der Waals surface area contributed by atoms with Crippen molar-refractivity contribution >= 4 is 16.9 Å². The van der Waals surface area contributed by atoms with Gasteiger partial charge in [-0.05, 0) is 13.8 Å². The summed E-state index contributed by atoms with van der Waals surface area (Å²) < 4.78 is 5.19. The van der Waals surface area contributed by atoms with E-state index >= 15 is 0 Å². The molecule has 0 amide bonds. The second-order valence-corrected chi connectivity index (χ2v) is 3.00. The molecule has 5 nitrogen and oxygen atoms in total. The Morgan fingerprint density at radius 2 is 2.29 bits per heavy atom. The molecule has 5 heteroatoms. The maximum absolute atomic E-state index is 11.4.